The third kappa shape index (κ3) is 3.84. The maximum atomic E-state index is 11.9. The molecule has 0 atom stereocenters. The fourth-order valence-corrected chi connectivity index (χ4v) is 2.02. The number of nitrogens with one attached hydrogen (secondary N) is 1. The lowest BCUT2D eigenvalue weighted by atomic mass is 10.1. The number of rotatable bonds is 4. The molecule has 0 aliphatic heterocycles. The quantitative estimate of drug-likeness (QED) is 0.937. The van der Waals surface area contributed by atoms with E-state index in [1.54, 1.807) is 24.3 Å². The van der Waals surface area contributed by atoms with E-state index in [1.165, 1.54) is 0 Å². The number of carbonyl (C=O) groups is 1. The molecule has 0 aromatic heterocycles. The van der Waals surface area contributed by atoms with Gasteiger partial charge in [0.1, 0.15) is 0 Å². The van der Waals surface area contributed by atoms with Gasteiger partial charge in [-0.1, -0.05) is 23.7 Å². The molecule has 2 rings (SSSR count). The molecule has 0 saturated carbocycles. The predicted molar refractivity (Wildman–Crippen MR) is 78.6 cm³/mol. The predicted octanol–water partition coefficient (Wildman–Crippen LogP) is 3.18. The Bertz CT molecular complexity index is 644. The lowest BCUT2D eigenvalue weighted by Crippen LogP contribution is -2.25. The third-order valence-corrected chi connectivity index (χ3v) is 3.10. The second-order valence-corrected chi connectivity index (χ2v) is 4.76. The molecule has 2 aromatic carbocycles. The van der Waals surface area contributed by atoms with Gasteiger partial charge < -0.3 is 5.32 Å². The Morgan fingerprint density at radius 2 is 1.95 bits per heavy atom. The second-order valence-electron chi connectivity index (χ2n) is 4.32. The topological polar surface area (TPSA) is 52.9 Å². The summed E-state index contributed by atoms with van der Waals surface area (Å²) in [5.74, 6) is -0.142. The van der Waals surface area contributed by atoms with Crippen molar-refractivity contribution in [3.63, 3.8) is 0 Å². The Kier molecular flexibility index (Phi) is 4.75. The molecule has 0 aliphatic carbocycles. The van der Waals surface area contributed by atoms with Gasteiger partial charge in [0.15, 0.2) is 0 Å². The van der Waals surface area contributed by atoms with Crippen molar-refractivity contribution in [2.24, 2.45) is 0 Å². The van der Waals surface area contributed by atoms with E-state index < -0.39 is 0 Å². The number of nitriles is 1. The Morgan fingerprint density at radius 1 is 1.20 bits per heavy atom. The maximum Gasteiger partial charge on any atom is 0.251 e. The largest absolute Gasteiger partial charge is 0.352 e. The molecule has 0 aliphatic rings. The van der Waals surface area contributed by atoms with Crippen LogP contribution in [0.1, 0.15) is 21.5 Å². The summed E-state index contributed by atoms with van der Waals surface area (Å²) in [5.41, 5.74) is 2.17. The van der Waals surface area contributed by atoms with Crippen LogP contribution in [0.3, 0.4) is 0 Å². The van der Waals surface area contributed by atoms with Crippen LogP contribution in [0.2, 0.25) is 5.02 Å². The SMILES string of the molecule is N#Cc1ccc(C(=O)NCCc2cccc(Cl)c2)cc1. The minimum Gasteiger partial charge on any atom is -0.352 e. The van der Waals surface area contributed by atoms with Gasteiger partial charge in [0.05, 0.1) is 11.6 Å². The van der Waals surface area contributed by atoms with Crippen molar-refractivity contribution in [3.05, 3.63) is 70.2 Å². The molecule has 2 aromatic rings. The molecule has 0 saturated heterocycles. The van der Waals surface area contributed by atoms with Crippen molar-refractivity contribution in [1.29, 1.82) is 5.26 Å². The van der Waals surface area contributed by atoms with E-state index in [4.69, 9.17) is 16.9 Å². The number of nitrogens with zero attached hydrogens (tertiary/aromatic N) is 1. The zero-order chi connectivity index (χ0) is 14.4. The second kappa shape index (κ2) is 6.74. The zero-order valence-corrected chi connectivity index (χ0v) is 11.5. The van der Waals surface area contributed by atoms with Crippen molar-refractivity contribution < 1.29 is 4.79 Å². The van der Waals surface area contributed by atoms with E-state index in [9.17, 15) is 4.79 Å². The van der Waals surface area contributed by atoms with Gasteiger partial charge in [-0.15, -0.1) is 0 Å². The Hall–Kier alpha value is -2.31. The van der Waals surface area contributed by atoms with Crippen LogP contribution < -0.4 is 5.32 Å². The average molecular weight is 285 g/mol. The maximum absolute atomic E-state index is 11.9. The third-order valence-electron chi connectivity index (χ3n) is 2.86. The molecular weight excluding hydrogens is 272 g/mol. The summed E-state index contributed by atoms with van der Waals surface area (Å²) in [5, 5.41) is 12.2. The molecule has 0 unspecified atom stereocenters. The molecule has 3 nitrogen and oxygen atoms in total. The molecule has 0 spiro atoms. The van der Waals surface area contributed by atoms with Gasteiger partial charge in [0.2, 0.25) is 0 Å². The molecule has 0 radical (unpaired) electrons. The molecule has 1 N–H and O–H groups in total. The standard InChI is InChI=1S/C16H13ClN2O/c17-15-3-1-2-12(10-15)8-9-19-16(20)14-6-4-13(11-18)5-7-14/h1-7,10H,8-9H2,(H,19,20). The minimum absolute atomic E-state index is 0.142. The highest BCUT2D eigenvalue weighted by Crippen LogP contribution is 2.10. The van der Waals surface area contributed by atoms with Crippen LogP contribution in [-0.2, 0) is 6.42 Å². The van der Waals surface area contributed by atoms with Crippen molar-refractivity contribution in [2.75, 3.05) is 6.54 Å². The first kappa shape index (κ1) is 14.1. The first-order valence-electron chi connectivity index (χ1n) is 6.22. The van der Waals surface area contributed by atoms with Crippen molar-refractivity contribution in [3.8, 4) is 6.07 Å². The molecule has 0 fully saturated rings. The monoisotopic (exact) mass is 284 g/mol. The normalized spacial score (nSPS) is 9.80. The lowest BCUT2D eigenvalue weighted by molar-refractivity contribution is 0.0954. The van der Waals surface area contributed by atoms with E-state index in [2.05, 4.69) is 5.32 Å². The summed E-state index contributed by atoms with van der Waals surface area (Å²) in [7, 11) is 0. The highest BCUT2D eigenvalue weighted by Gasteiger charge is 2.04. The summed E-state index contributed by atoms with van der Waals surface area (Å²) in [6.07, 6.45) is 0.725. The number of benzene rings is 2. The molecule has 1 amide bonds. The van der Waals surface area contributed by atoms with Crippen molar-refractivity contribution in [2.45, 2.75) is 6.42 Å². The fraction of sp³-hybridized carbons (Fsp3) is 0.125. The zero-order valence-electron chi connectivity index (χ0n) is 10.8. The Balaban J connectivity index is 1.87. The molecule has 100 valence electrons. The van der Waals surface area contributed by atoms with Gasteiger partial charge in [-0.3, -0.25) is 4.79 Å². The highest BCUT2D eigenvalue weighted by atomic mass is 35.5. The molecule has 4 heteroatoms. The highest BCUT2D eigenvalue weighted by molar-refractivity contribution is 6.30. The number of halogens is 1. The van der Waals surface area contributed by atoms with Gasteiger partial charge in [0.25, 0.3) is 5.91 Å². The van der Waals surface area contributed by atoms with E-state index in [0.29, 0.717) is 22.7 Å². The number of carbonyl (C=O) groups excluding carboxylic acids is 1. The first-order chi connectivity index (χ1) is 9.69. The van der Waals surface area contributed by atoms with Crippen molar-refractivity contribution >= 4 is 17.5 Å². The molecule has 0 heterocycles. The summed E-state index contributed by atoms with van der Waals surface area (Å²) < 4.78 is 0. The Morgan fingerprint density at radius 3 is 2.60 bits per heavy atom. The van der Waals surface area contributed by atoms with E-state index in [-0.39, 0.29) is 5.91 Å². The van der Waals surface area contributed by atoms with Crippen LogP contribution in [0.5, 0.6) is 0 Å². The molecular formula is C16H13ClN2O. The number of amides is 1. The van der Waals surface area contributed by atoms with Crippen LogP contribution in [0.4, 0.5) is 0 Å². The summed E-state index contributed by atoms with van der Waals surface area (Å²) in [6, 6.07) is 16.1. The summed E-state index contributed by atoms with van der Waals surface area (Å²) >= 11 is 5.90. The fourth-order valence-electron chi connectivity index (χ4n) is 1.81. The van der Waals surface area contributed by atoms with Crippen molar-refractivity contribution in [1.82, 2.24) is 5.32 Å². The van der Waals surface area contributed by atoms with Crippen LogP contribution in [0.25, 0.3) is 0 Å². The van der Waals surface area contributed by atoms with E-state index in [0.717, 1.165) is 12.0 Å². The number of hydrogen-bond donors (Lipinski definition) is 1. The number of hydrogen-bond acceptors (Lipinski definition) is 2. The van der Waals surface area contributed by atoms with E-state index in [1.807, 2.05) is 30.3 Å². The van der Waals surface area contributed by atoms with Crippen LogP contribution in [0, 0.1) is 11.3 Å². The van der Waals surface area contributed by atoms with Gasteiger partial charge >= 0.3 is 0 Å². The van der Waals surface area contributed by atoms with Gasteiger partial charge in [0, 0.05) is 17.1 Å². The minimum atomic E-state index is -0.142. The lowest BCUT2D eigenvalue weighted by Gasteiger charge is -2.06. The van der Waals surface area contributed by atoms with Crippen LogP contribution >= 0.6 is 11.6 Å². The summed E-state index contributed by atoms with van der Waals surface area (Å²) in [4.78, 5) is 11.9. The first-order valence-corrected chi connectivity index (χ1v) is 6.59. The molecule has 0 bridgehead atoms. The summed E-state index contributed by atoms with van der Waals surface area (Å²) in [6.45, 7) is 0.541. The van der Waals surface area contributed by atoms with Crippen LogP contribution in [0.15, 0.2) is 48.5 Å². The van der Waals surface area contributed by atoms with Gasteiger partial charge in [-0.05, 0) is 48.4 Å². The molecule has 20 heavy (non-hydrogen) atoms. The average Bonchev–Trinajstić information content (AvgIpc) is 2.47. The Labute approximate surface area is 122 Å². The van der Waals surface area contributed by atoms with Crippen LogP contribution in [-0.4, -0.2) is 12.5 Å². The smallest absolute Gasteiger partial charge is 0.251 e. The van der Waals surface area contributed by atoms with Gasteiger partial charge in [-0.25, -0.2) is 0 Å². The van der Waals surface area contributed by atoms with Gasteiger partial charge in [-0.2, -0.15) is 5.26 Å². The van der Waals surface area contributed by atoms with E-state index >= 15 is 0 Å².